The van der Waals surface area contributed by atoms with E-state index in [1.807, 2.05) is 12.1 Å². The van der Waals surface area contributed by atoms with Gasteiger partial charge in [0.25, 0.3) is 0 Å². The van der Waals surface area contributed by atoms with Gasteiger partial charge in [-0.3, -0.25) is 10.4 Å². The van der Waals surface area contributed by atoms with Gasteiger partial charge < -0.3 is 0 Å². The summed E-state index contributed by atoms with van der Waals surface area (Å²) in [5, 5.41) is 9.02. The SMILES string of the molecule is NS(=O)(=O)c1ccc(N/N=C\c2ccncc2)cc1. The van der Waals surface area contributed by atoms with E-state index in [9.17, 15) is 8.42 Å². The Kier molecular flexibility index (Phi) is 3.88. The lowest BCUT2D eigenvalue weighted by molar-refractivity contribution is 0.598. The van der Waals surface area contributed by atoms with Gasteiger partial charge in [0.15, 0.2) is 0 Å². The summed E-state index contributed by atoms with van der Waals surface area (Å²) >= 11 is 0. The van der Waals surface area contributed by atoms with Gasteiger partial charge in [-0.05, 0) is 42.0 Å². The van der Waals surface area contributed by atoms with E-state index in [1.165, 1.54) is 12.1 Å². The number of nitrogens with zero attached hydrogens (tertiary/aromatic N) is 2. The Morgan fingerprint density at radius 3 is 2.32 bits per heavy atom. The zero-order chi connectivity index (χ0) is 13.7. The van der Waals surface area contributed by atoms with Crippen molar-refractivity contribution in [2.45, 2.75) is 4.90 Å². The van der Waals surface area contributed by atoms with Crippen LogP contribution in [-0.2, 0) is 10.0 Å². The molecule has 2 aromatic rings. The molecule has 1 heterocycles. The summed E-state index contributed by atoms with van der Waals surface area (Å²) in [4.78, 5) is 3.96. The molecule has 19 heavy (non-hydrogen) atoms. The zero-order valence-corrected chi connectivity index (χ0v) is 10.7. The first-order chi connectivity index (χ1) is 9.05. The second-order valence-electron chi connectivity index (χ2n) is 3.72. The number of sulfonamides is 1. The standard InChI is InChI=1S/C12H12N4O2S/c13-19(17,18)12-3-1-11(2-4-12)16-15-9-10-5-7-14-8-6-10/h1-9,16H,(H2,13,17,18)/b15-9-. The van der Waals surface area contributed by atoms with Gasteiger partial charge >= 0.3 is 0 Å². The molecular weight excluding hydrogens is 264 g/mol. The minimum Gasteiger partial charge on any atom is -0.279 e. The fraction of sp³-hybridized carbons (Fsp3) is 0. The predicted molar refractivity (Wildman–Crippen MR) is 73.3 cm³/mol. The van der Waals surface area contributed by atoms with Crippen molar-refractivity contribution in [1.82, 2.24) is 4.98 Å². The Morgan fingerprint density at radius 2 is 1.74 bits per heavy atom. The number of pyridine rings is 1. The monoisotopic (exact) mass is 276 g/mol. The zero-order valence-electron chi connectivity index (χ0n) is 9.89. The number of nitrogens with one attached hydrogen (secondary N) is 1. The quantitative estimate of drug-likeness (QED) is 0.647. The first kappa shape index (κ1) is 13.2. The fourth-order valence-electron chi connectivity index (χ4n) is 1.35. The van der Waals surface area contributed by atoms with Gasteiger partial charge in [0, 0.05) is 12.4 Å². The van der Waals surface area contributed by atoms with Crippen molar-refractivity contribution in [3.63, 3.8) is 0 Å². The lowest BCUT2D eigenvalue weighted by atomic mass is 10.3. The van der Waals surface area contributed by atoms with Gasteiger partial charge in [0.2, 0.25) is 10.0 Å². The van der Waals surface area contributed by atoms with E-state index in [2.05, 4.69) is 15.5 Å². The highest BCUT2D eigenvalue weighted by atomic mass is 32.2. The molecule has 0 radical (unpaired) electrons. The van der Waals surface area contributed by atoms with E-state index in [1.54, 1.807) is 30.7 Å². The fourth-order valence-corrected chi connectivity index (χ4v) is 1.87. The summed E-state index contributed by atoms with van der Waals surface area (Å²) in [6.45, 7) is 0. The third-order valence-electron chi connectivity index (χ3n) is 2.30. The predicted octanol–water partition coefficient (Wildman–Crippen LogP) is 1.18. The van der Waals surface area contributed by atoms with Gasteiger partial charge in [0.1, 0.15) is 0 Å². The molecule has 0 aliphatic rings. The second kappa shape index (κ2) is 5.59. The molecule has 0 fully saturated rings. The average Bonchev–Trinajstić information content (AvgIpc) is 2.39. The van der Waals surface area contributed by atoms with Crippen molar-refractivity contribution in [1.29, 1.82) is 0 Å². The summed E-state index contributed by atoms with van der Waals surface area (Å²) in [6, 6.07) is 9.64. The van der Waals surface area contributed by atoms with Gasteiger partial charge in [-0.2, -0.15) is 5.10 Å². The van der Waals surface area contributed by atoms with Crippen molar-refractivity contribution in [2.24, 2.45) is 10.2 Å². The lowest BCUT2D eigenvalue weighted by Crippen LogP contribution is -2.11. The normalized spacial score (nSPS) is 11.6. The maximum absolute atomic E-state index is 11.1. The number of hydrogen-bond acceptors (Lipinski definition) is 5. The molecule has 1 aromatic heterocycles. The van der Waals surface area contributed by atoms with Crippen LogP contribution in [0.15, 0.2) is 58.8 Å². The minimum absolute atomic E-state index is 0.0659. The molecule has 7 heteroatoms. The molecular formula is C12H12N4O2S. The Balaban J connectivity index is 2.03. The van der Waals surface area contributed by atoms with Crippen LogP contribution in [0.1, 0.15) is 5.56 Å². The van der Waals surface area contributed by atoms with Crippen LogP contribution >= 0.6 is 0 Å². The van der Waals surface area contributed by atoms with Gasteiger partial charge in [-0.25, -0.2) is 13.6 Å². The number of nitrogens with two attached hydrogens (primary N) is 1. The molecule has 0 saturated carbocycles. The van der Waals surface area contributed by atoms with Crippen LogP contribution in [0.5, 0.6) is 0 Å². The Bertz CT molecular complexity index is 667. The Labute approximate surface area is 111 Å². The van der Waals surface area contributed by atoms with Gasteiger partial charge in [-0.15, -0.1) is 0 Å². The summed E-state index contributed by atoms with van der Waals surface area (Å²) < 4.78 is 22.1. The van der Waals surface area contributed by atoms with E-state index >= 15 is 0 Å². The molecule has 0 aliphatic heterocycles. The minimum atomic E-state index is -3.66. The average molecular weight is 276 g/mol. The van der Waals surface area contributed by atoms with Crippen LogP contribution in [0.25, 0.3) is 0 Å². The number of primary sulfonamides is 1. The van der Waals surface area contributed by atoms with Crippen LogP contribution in [0.2, 0.25) is 0 Å². The highest BCUT2D eigenvalue weighted by molar-refractivity contribution is 7.89. The molecule has 0 amide bonds. The maximum Gasteiger partial charge on any atom is 0.238 e. The molecule has 0 saturated heterocycles. The van der Waals surface area contributed by atoms with E-state index < -0.39 is 10.0 Å². The van der Waals surface area contributed by atoms with Crippen LogP contribution in [0.3, 0.4) is 0 Å². The topological polar surface area (TPSA) is 97.4 Å². The van der Waals surface area contributed by atoms with Crippen molar-refractivity contribution in [2.75, 3.05) is 5.43 Å². The lowest BCUT2D eigenvalue weighted by Gasteiger charge is -2.01. The number of rotatable bonds is 4. The van der Waals surface area contributed by atoms with E-state index in [0.29, 0.717) is 5.69 Å². The molecule has 1 aromatic carbocycles. The third kappa shape index (κ3) is 3.87. The van der Waals surface area contributed by atoms with Crippen LogP contribution < -0.4 is 10.6 Å². The van der Waals surface area contributed by atoms with E-state index in [4.69, 9.17) is 5.14 Å². The van der Waals surface area contributed by atoms with Crippen molar-refractivity contribution >= 4 is 21.9 Å². The number of hydrogen-bond donors (Lipinski definition) is 2. The molecule has 2 rings (SSSR count). The Hall–Kier alpha value is -2.25. The largest absolute Gasteiger partial charge is 0.279 e. The van der Waals surface area contributed by atoms with Gasteiger partial charge in [0.05, 0.1) is 16.8 Å². The highest BCUT2D eigenvalue weighted by Gasteiger charge is 2.05. The maximum atomic E-state index is 11.1. The number of hydrazone groups is 1. The van der Waals surface area contributed by atoms with E-state index in [-0.39, 0.29) is 4.90 Å². The summed E-state index contributed by atoms with van der Waals surface area (Å²) in [5.41, 5.74) is 4.36. The van der Waals surface area contributed by atoms with Crippen LogP contribution in [0, 0.1) is 0 Å². The summed E-state index contributed by atoms with van der Waals surface area (Å²) in [5.74, 6) is 0. The highest BCUT2D eigenvalue weighted by Crippen LogP contribution is 2.12. The van der Waals surface area contributed by atoms with E-state index in [0.717, 1.165) is 5.56 Å². The third-order valence-corrected chi connectivity index (χ3v) is 3.23. The molecule has 0 atom stereocenters. The first-order valence-corrected chi connectivity index (χ1v) is 6.92. The van der Waals surface area contributed by atoms with Crippen LogP contribution in [-0.4, -0.2) is 19.6 Å². The van der Waals surface area contributed by atoms with Crippen molar-refractivity contribution < 1.29 is 8.42 Å². The number of aromatic nitrogens is 1. The molecule has 0 unspecified atom stereocenters. The molecule has 0 aliphatic carbocycles. The van der Waals surface area contributed by atoms with Crippen molar-refractivity contribution in [3.8, 4) is 0 Å². The first-order valence-electron chi connectivity index (χ1n) is 5.38. The van der Waals surface area contributed by atoms with Gasteiger partial charge in [-0.1, -0.05) is 0 Å². The summed E-state index contributed by atoms with van der Waals surface area (Å²) in [7, 11) is -3.66. The smallest absolute Gasteiger partial charge is 0.238 e. The molecule has 0 bridgehead atoms. The molecule has 98 valence electrons. The van der Waals surface area contributed by atoms with Crippen LogP contribution in [0.4, 0.5) is 5.69 Å². The van der Waals surface area contributed by atoms with Crippen molar-refractivity contribution in [3.05, 3.63) is 54.4 Å². The number of anilines is 1. The second-order valence-corrected chi connectivity index (χ2v) is 5.28. The summed E-state index contributed by atoms with van der Waals surface area (Å²) in [6.07, 6.45) is 4.97. The molecule has 6 nitrogen and oxygen atoms in total. The molecule has 3 N–H and O–H groups in total. The molecule has 0 spiro atoms. The Morgan fingerprint density at radius 1 is 1.11 bits per heavy atom. The number of benzene rings is 1.